The van der Waals surface area contributed by atoms with Crippen molar-refractivity contribution in [1.29, 1.82) is 0 Å². The average Bonchev–Trinajstić information content (AvgIpc) is 2.31. The monoisotopic (exact) mass is 247 g/mol. The van der Waals surface area contributed by atoms with Gasteiger partial charge in [0.25, 0.3) is 0 Å². The maximum absolute atomic E-state index is 11.6. The van der Waals surface area contributed by atoms with Gasteiger partial charge in [0.05, 0.1) is 10.4 Å². The molecule has 4 heteroatoms. The van der Waals surface area contributed by atoms with E-state index in [9.17, 15) is 4.79 Å². The van der Waals surface area contributed by atoms with Crippen molar-refractivity contribution in [3.8, 4) is 0 Å². The van der Waals surface area contributed by atoms with Gasteiger partial charge in [-0.2, -0.15) is 0 Å². The molecule has 0 radical (unpaired) electrons. The lowest BCUT2D eigenvalue weighted by Crippen LogP contribution is -2.41. The highest BCUT2D eigenvalue weighted by atomic mass is 79.9. The third kappa shape index (κ3) is 1.94. The Morgan fingerprint density at radius 1 is 1.67 bits per heavy atom. The van der Waals surface area contributed by atoms with Crippen LogP contribution in [0.1, 0.15) is 23.5 Å². The first-order chi connectivity index (χ1) is 5.43. The van der Waals surface area contributed by atoms with E-state index in [0.29, 0.717) is 4.88 Å². The van der Waals surface area contributed by atoms with Crippen LogP contribution < -0.4 is 5.73 Å². The first-order valence-corrected chi connectivity index (χ1v) is 5.17. The number of halogens is 1. The first-order valence-electron chi connectivity index (χ1n) is 3.49. The lowest BCUT2D eigenvalue weighted by molar-refractivity contribution is 0.0917. The number of carbonyl (C=O) groups excluding carboxylic acids is 1. The number of nitrogens with two attached hydrogens (primary N) is 1. The summed E-state index contributed by atoms with van der Waals surface area (Å²) in [6.45, 7) is 3.42. The molecule has 0 atom stereocenters. The zero-order chi connectivity index (χ0) is 9.35. The minimum Gasteiger partial charge on any atom is -0.319 e. The highest BCUT2D eigenvalue weighted by molar-refractivity contribution is 9.10. The molecule has 0 saturated carbocycles. The molecule has 66 valence electrons. The second kappa shape index (κ2) is 3.28. The summed E-state index contributed by atoms with van der Waals surface area (Å²) in [6, 6.07) is 1.85. The molecule has 0 aliphatic heterocycles. The molecule has 0 aliphatic carbocycles. The van der Waals surface area contributed by atoms with Gasteiger partial charge in [-0.15, -0.1) is 11.3 Å². The van der Waals surface area contributed by atoms with Crippen LogP contribution in [-0.2, 0) is 0 Å². The molecular formula is C8H10BrNOS. The molecule has 1 heterocycles. The summed E-state index contributed by atoms with van der Waals surface area (Å²) in [5, 5.41) is 1.86. The van der Waals surface area contributed by atoms with Gasteiger partial charge in [-0.3, -0.25) is 4.79 Å². The van der Waals surface area contributed by atoms with E-state index in [1.54, 1.807) is 13.8 Å². The molecule has 0 aliphatic rings. The van der Waals surface area contributed by atoms with Gasteiger partial charge >= 0.3 is 0 Å². The fourth-order valence-electron chi connectivity index (χ4n) is 0.748. The van der Waals surface area contributed by atoms with Crippen molar-refractivity contribution in [1.82, 2.24) is 0 Å². The highest BCUT2D eigenvalue weighted by Gasteiger charge is 2.25. The maximum atomic E-state index is 11.6. The number of rotatable bonds is 2. The maximum Gasteiger partial charge on any atom is 0.193 e. The van der Waals surface area contributed by atoms with Gasteiger partial charge in [0.2, 0.25) is 0 Å². The fourth-order valence-corrected chi connectivity index (χ4v) is 2.41. The average molecular weight is 248 g/mol. The van der Waals surface area contributed by atoms with Crippen molar-refractivity contribution in [3.05, 3.63) is 20.8 Å². The van der Waals surface area contributed by atoms with Crippen LogP contribution in [0.2, 0.25) is 0 Å². The number of hydrogen-bond donors (Lipinski definition) is 1. The van der Waals surface area contributed by atoms with E-state index in [0.717, 1.165) is 4.47 Å². The Balaban J connectivity index is 3.01. The zero-order valence-electron chi connectivity index (χ0n) is 6.93. The van der Waals surface area contributed by atoms with E-state index in [-0.39, 0.29) is 5.78 Å². The summed E-state index contributed by atoms with van der Waals surface area (Å²) < 4.78 is 0.830. The lowest BCUT2D eigenvalue weighted by atomic mass is 10.00. The Bertz CT molecular complexity index is 300. The largest absolute Gasteiger partial charge is 0.319 e. The van der Waals surface area contributed by atoms with E-state index >= 15 is 0 Å². The molecule has 0 fully saturated rings. The summed E-state index contributed by atoms with van der Waals surface area (Å²) in [6.07, 6.45) is 0. The molecule has 1 aromatic heterocycles. The van der Waals surface area contributed by atoms with Crippen LogP contribution in [0.3, 0.4) is 0 Å². The molecule has 12 heavy (non-hydrogen) atoms. The molecule has 2 N–H and O–H groups in total. The van der Waals surface area contributed by atoms with Gasteiger partial charge in [-0.25, -0.2) is 0 Å². The van der Waals surface area contributed by atoms with Gasteiger partial charge in [-0.05, 0) is 41.2 Å². The number of ketones is 1. The SMILES string of the molecule is CC(C)(N)C(=O)c1sccc1Br. The van der Waals surface area contributed by atoms with Crippen molar-refractivity contribution in [2.45, 2.75) is 19.4 Å². The Hall–Kier alpha value is -0.190. The third-order valence-corrected chi connectivity index (χ3v) is 3.25. The summed E-state index contributed by atoms with van der Waals surface area (Å²) >= 11 is 4.70. The minimum absolute atomic E-state index is 0.0237. The molecule has 0 saturated heterocycles. The van der Waals surface area contributed by atoms with E-state index in [1.807, 2.05) is 11.4 Å². The Labute approximate surface area is 83.9 Å². The normalized spacial score (nSPS) is 11.7. The van der Waals surface area contributed by atoms with Crippen LogP contribution in [0.25, 0.3) is 0 Å². The van der Waals surface area contributed by atoms with Crippen molar-refractivity contribution < 1.29 is 4.79 Å². The van der Waals surface area contributed by atoms with Crippen molar-refractivity contribution in [2.24, 2.45) is 5.73 Å². The van der Waals surface area contributed by atoms with Gasteiger partial charge in [0.15, 0.2) is 5.78 Å². The van der Waals surface area contributed by atoms with E-state index < -0.39 is 5.54 Å². The first kappa shape index (κ1) is 9.89. The van der Waals surface area contributed by atoms with Crippen molar-refractivity contribution in [2.75, 3.05) is 0 Å². The Morgan fingerprint density at radius 3 is 2.58 bits per heavy atom. The summed E-state index contributed by atoms with van der Waals surface area (Å²) in [5.74, 6) is -0.0237. The number of hydrogen-bond acceptors (Lipinski definition) is 3. The number of thiophene rings is 1. The van der Waals surface area contributed by atoms with Crippen molar-refractivity contribution in [3.63, 3.8) is 0 Å². The third-order valence-electron chi connectivity index (χ3n) is 1.41. The standard InChI is InChI=1S/C8H10BrNOS/c1-8(2,10)7(11)6-5(9)3-4-12-6/h3-4H,10H2,1-2H3. The summed E-state index contributed by atoms with van der Waals surface area (Å²) in [5.41, 5.74) is 4.89. The van der Waals surface area contributed by atoms with E-state index in [4.69, 9.17) is 5.73 Å². The van der Waals surface area contributed by atoms with Gasteiger partial charge in [0.1, 0.15) is 0 Å². The lowest BCUT2D eigenvalue weighted by Gasteiger charge is -2.15. The van der Waals surface area contributed by atoms with Crippen molar-refractivity contribution >= 4 is 33.0 Å². The highest BCUT2D eigenvalue weighted by Crippen LogP contribution is 2.25. The van der Waals surface area contributed by atoms with Crippen LogP contribution in [0.5, 0.6) is 0 Å². The van der Waals surface area contributed by atoms with Crippen LogP contribution in [-0.4, -0.2) is 11.3 Å². The molecular weight excluding hydrogens is 238 g/mol. The molecule has 1 rings (SSSR count). The second-order valence-electron chi connectivity index (χ2n) is 3.15. The summed E-state index contributed by atoms with van der Waals surface area (Å²) in [7, 11) is 0. The number of Topliss-reactive ketones (excluding diaryl/α,β-unsaturated/α-hetero) is 1. The molecule has 2 nitrogen and oxygen atoms in total. The molecule has 0 unspecified atom stereocenters. The molecule has 0 aromatic carbocycles. The van der Waals surface area contributed by atoms with Crippen LogP contribution in [0, 0.1) is 0 Å². The zero-order valence-corrected chi connectivity index (χ0v) is 9.33. The summed E-state index contributed by atoms with van der Waals surface area (Å²) in [4.78, 5) is 12.3. The molecule has 0 bridgehead atoms. The number of carbonyl (C=O) groups is 1. The van der Waals surface area contributed by atoms with Crippen LogP contribution >= 0.6 is 27.3 Å². The van der Waals surface area contributed by atoms with Gasteiger partial charge in [0, 0.05) is 4.47 Å². The Kier molecular flexibility index (Phi) is 2.70. The van der Waals surface area contributed by atoms with E-state index in [1.165, 1.54) is 11.3 Å². The van der Waals surface area contributed by atoms with Crippen LogP contribution in [0.4, 0.5) is 0 Å². The predicted octanol–water partition coefficient (Wildman–Crippen LogP) is 2.43. The predicted molar refractivity (Wildman–Crippen MR) is 54.6 cm³/mol. The molecule has 0 spiro atoms. The minimum atomic E-state index is -0.784. The second-order valence-corrected chi connectivity index (χ2v) is 4.92. The smallest absolute Gasteiger partial charge is 0.193 e. The van der Waals surface area contributed by atoms with Gasteiger partial charge < -0.3 is 5.73 Å². The Morgan fingerprint density at radius 2 is 2.25 bits per heavy atom. The van der Waals surface area contributed by atoms with Crippen LogP contribution in [0.15, 0.2) is 15.9 Å². The van der Waals surface area contributed by atoms with E-state index in [2.05, 4.69) is 15.9 Å². The molecule has 1 aromatic rings. The fraction of sp³-hybridized carbons (Fsp3) is 0.375. The molecule has 0 amide bonds. The topological polar surface area (TPSA) is 43.1 Å². The quantitative estimate of drug-likeness (QED) is 0.817. The van der Waals surface area contributed by atoms with Gasteiger partial charge in [-0.1, -0.05) is 0 Å².